The van der Waals surface area contributed by atoms with Gasteiger partial charge in [0.2, 0.25) is 5.88 Å². The topological polar surface area (TPSA) is 35.0 Å². The molecule has 3 nitrogen and oxygen atoms in total. The molecule has 0 aliphatic carbocycles. The molecular weight excluding hydrogens is 223 g/mol. The van der Waals surface area contributed by atoms with Gasteiger partial charge in [-0.2, -0.15) is 0 Å². The van der Waals surface area contributed by atoms with Crippen LogP contribution in [0, 0.1) is 0 Å². The first-order valence-electron chi connectivity index (χ1n) is 4.26. The maximum Gasteiger partial charge on any atom is 0.237 e. The molecule has 1 aromatic rings. The van der Waals surface area contributed by atoms with Crippen LogP contribution in [0.2, 0.25) is 5.15 Å². The fraction of sp³-hybridized carbons (Fsp3) is 0.556. The fourth-order valence-electron chi connectivity index (χ4n) is 1.32. The van der Waals surface area contributed by atoms with E-state index in [1.54, 1.807) is 0 Å². The van der Waals surface area contributed by atoms with E-state index in [1.807, 2.05) is 13.8 Å². The van der Waals surface area contributed by atoms with E-state index in [4.69, 9.17) is 27.9 Å². The number of halogens is 2. The van der Waals surface area contributed by atoms with Crippen LogP contribution >= 0.6 is 23.2 Å². The van der Waals surface area contributed by atoms with Crippen molar-refractivity contribution in [2.45, 2.75) is 25.6 Å². The summed E-state index contributed by atoms with van der Waals surface area (Å²) in [7, 11) is 1.54. The zero-order chi connectivity index (χ0) is 10.7. The number of ether oxygens (including phenoxy) is 1. The Balaban J connectivity index is 3.35. The minimum Gasteiger partial charge on any atom is -0.480 e. The molecule has 1 aromatic heterocycles. The predicted molar refractivity (Wildman–Crippen MR) is 57.2 cm³/mol. The van der Waals surface area contributed by atoms with E-state index in [0.29, 0.717) is 16.9 Å². The number of methoxy groups -OCH3 is 1. The lowest BCUT2D eigenvalue weighted by molar-refractivity contribution is 0.386. The first-order chi connectivity index (χ1) is 6.61. The zero-order valence-electron chi connectivity index (χ0n) is 8.34. The molecule has 0 amide bonds. The molecule has 5 heteroatoms. The lowest BCUT2D eigenvalue weighted by atomic mass is 10.0. The van der Waals surface area contributed by atoms with Gasteiger partial charge in [-0.25, -0.2) is 0 Å². The van der Waals surface area contributed by atoms with Crippen LogP contribution in [0.1, 0.15) is 30.9 Å². The third kappa shape index (κ3) is 2.10. The molecule has 0 spiro atoms. The van der Waals surface area contributed by atoms with Crippen molar-refractivity contribution >= 4 is 23.2 Å². The van der Waals surface area contributed by atoms with Gasteiger partial charge in [0, 0.05) is 11.1 Å². The smallest absolute Gasteiger partial charge is 0.237 e. The van der Waals surface area contributed by atoms with Crippen molar-refractivity contribution in [2.24, 2.45) is 0 Å². The van der Waals surface area contributed by atoms with Gasteiger partial charge in [-0.1, -0.05) is 25.4 Å². The van der Waals surface area contributed by atoms with Gasteiger partial charge in [0.15, 0.2) is 5.15 Å². The van der Waals surface area contributed by atoms with Crippen LogP contribution in [0.4, 0.5) is 0 Å². The van der Waals surface area contributed by atoms with Crippen LogP contribution in [-0.4, -0.2) is 17.3 Å². The quantitative estimate of drug-likeness (QED) is 0.755. The summed E-state index contributed by atoms with van der Waals surface area (Å²) in [6.45, 7) is 4.05. The van der Waals surface area contributed by atoms with E-state index in [2.05, 4.69) is 10.2 Å². The van der Waals surface area contributed by atoms with Crippen molar-refractivity contribution < 1.29 is 4.74 Å². The highest BCUT2D eigenvalue weighted by Gasteiger charge is 2.17. The number of rotatable bonds is 3. The minimum atomic E-state index is 0.251. The Labute approximate surface area is 93.4 Å². The summed E-state index contributed by atoms with van der Waals surface area (Å²) in [5.41, 5.74) is 1.73. The van der Waals surface area contributed by atoms with Crippen molar-refractivity contribution in [3.63, 3.8) is 0 Å². The number of alkyl halides is 1. The highest BCUT2D eigenvalue weighted by atomic mass is 35.5. The van der Waals surface area contributed by atoms with E-state index < -0.39 is 0 Å². The lowest BCUT2D eigenvalue weighted by Gasteiger charge is -2.13. The molecule has 0 N–H and O–H groups in total. The van der Waals surface area contributed by atoms with Gasteiger partial charge >= 0.3 is 0 Å². The van der Waals surface area contributed by atoms with E-state index in [0.717, 1.165) is 11.1 Å². The molecule has 0 radical (unpaired) electrons. The number of hydrogen-bond acceptors (Lipinski definition) is 3. The molecular formula is C9H12Cl2N2O. The summed E-state index contributed by atoms with van der Waals surface area (Å²) < 4.78 is 5.07. The highest BCUT2D eigenvalue weighted by Crippen LogP contribution is 2.31. The molecule has 14 heavy (non-hydrogen) atoms. The van der Waals surface area contributed by atoms with E-state index in [-0.39, 0.29) is 5.92 Å². The molecule has 0 saturated carbocycles. The fourth-order valence-corrected chi connectivity index (χ4v) is 1.95. The molecule has 0 bridgehead atoms. The average molecular weight is 235 g/mol. The van der Waals surface area contributed by atoms with Crippen molar-refractivity contribution in [1.82, 2.24) is 10.2 Å². The average Bonchev–Trinajstić information content (AvgIpc) is 2.16. The largest absolute Gasteiger partial charge is 0.480 e. The first-order valence-corrected chi connectivity index (χ1v) is 5.18. The van der Waals surface area contributed by atoms with Gasteiger partial charge in [-0.05, 0) is 5.92 Å². The molecule has 1 heterocycles. The molecule has 0 unspecified atom stereocenters. The summed E-state index contributed by atoms with van der Waals surface area (Å²) in [4.78, 5) is 0. The predicted octanol–water partition coefficient (Wildman–Crippen LogP) is 3.00. The molecule has 0 atom stereocenters. The van der Waals surface area contributed by atoms with E-state index >= 15 is 0 Å². The molecule has 0 saturated heterocycles. The highest BCUT2D eigenvalue weighted by molar-refractivity contribution is 6.30. The Morgan fingerprint density at radius 3 is 2.43 bits per heavy atom. The van der Waals surface area contributed by atoms with Crippen LogP contribution in [-0.2, 0) is 5.88 Å². The van der Waals surface area contributed by atoms with Crippen LogP contribution in [0.3, 0.4) is 0 Å². The summed E-state index contributed by atoms with van der Waals surface area (Å²) >= 11 is 11.8. The minimum absolute atomic E-state index is 0.251. The van der Waals surface area contributed by atoms with Crippen LogP contribution in [0.25, 0.3) is 0 Å². The van der Waals surface area contributed by atoms with Crippen LogP contribution in [0.15, 0.2) is 0 Å². The molecule has 1 rings (SSSR count). The van der Waals surface area contributed by atoms with Crippen LogP contribution < -0.4 is 4.74 Å². The Kier molecular flexibility index (Phi) is 3.96. The zero-order valence-corrected chi connectivity index (χ0v) is 9.85. The second kappa shape index (κ2) is 4.80. The van der Waals surface area contributed by atoms with Crippen LogP contribution in [0.5, 0.6) is 5.88 Å². The third-order valence-corrected chi connectivity index (χ3v) is 2.48. The first kappa shape index (κ1) is 11.5. The van der Waals surface area contributed by atoms with Gasteiger partial charge in [-0.3, -0.25) is 0 Å². The van der Waals surface area contributed by atoms with Gasteiger partial charge in [0.05, 0.1) is 13.0 Å². The SMILES string of the molecule is COc1nnc(Cl)c(C(C)C)c1CCl. The summed E-state index contributed by atoms with van der Waals surface area (Å²) in [5.74, 6) is 1.03. The molecule has 0 aromatic carbocycles. The number of hydrogen-bond donors (Lipinski definition) is 0. The molecule has 78 valence electrons. The third-order valence-electron chi connectivity index (χ3n) is 1.94. The number of aromatic nitrogens is 2. The van der Waals surface area contributed by atoms with Gasteiger partial charge in [0.1, 0.15) is 0 Å². The van der Waals surface area contributed by atoms with Crippen molar-refractivity contribution in [3.05, 3.63) is 16.3 Å². The normalized spacial score (nSPS) is 10.7. The van der Waals surface area contributed by atoms with Crippen molar-refractivity contribution in [3.8, 4) is 5.88 Å². The second-order valence-corrected chi connectivity index (χ2v) is 3.81. The summed E-state index contributed by atoms with van der Waals surface area (Å²) in [6, 6.07) is 0. The van der Waals surface area contributed by atoms with E-state index in [9.17, 15) is 0 Å². The lowest BCUT2D eigenvalue weighted by Crippen LogP contribution is -2.04. The Bertz CT molecular complexity index is 329. The Hall–Kier alpha value is -0.540. The molecule has 0 aliphatic rings. The number of nitrogens with zero attached hydrogens (tertiary/aromatic N) is 2. The Morgan fingerprint density at radius 1 is 1.36 bits per heavy atom. The maximum atomic E-state index is 5.94. The maximum absolute atomic E-state index is 5.94. The molecule has 0 aliphatic heterocycles. The van der Waals surface area contributed by atoms with Crippen molar-refractivity contribution in [2.75, 3.05) is 7.11 Å². The summed E-state index contributed by atoms with van der Waals surface area (Å²) in [6.07, 6.45) is 0. The molecule has 0 fully saturated rings. The monoisotopic (exact) mass is 234 g/mol. The standard InChI is InChI=1S/C9H12Cl2N2O/c1-5(2)7-6(4-10)9(14-3)13-12-8(7)11/h5H,4H2,1-3H3. The van der Waals surface area contributed by atoms with Crippen molar-refractivity contribution in [1.29, 1.82) is 0 Å². The van der Waals surface area contributed by atoms with E-state index in [1.165, 1.54) is 7.11 Å². The Morgan fingerprint density at radius 2 is 2.00 bits per heavy atom. The van der Waals surface area contributed by atoms with Gasteiger partial charge < -0.3 is 4.74 Å². The van der Waals surface area contributed by atoms with Gasteiger partial charge in [-0.15, -0.1) is 21.8 Å². The summed E-state index contributed by atoms with van der Waals surface area (Å²) in [5, 5.41) is 8.03. The van der Waals surface area contributed by atoms with Gasteiger partial charge in [0.25, 0.3) is 0 Å². The second-order valence-electron chi connectivity index (χ2n) is 3.18.